The number of carbonyl (C=O) groups is 1. The van der Waals surface area contributed by atoms with Gasteiger partial charge in [-0.1, -0.05) is 24.3 Å². The predicted molar refractivity (Wildman–Crippen MR) is 70.1 cm³/mol. The van der Waals surface area contributed by atoms with Gasteiger partial charge in [0.25, 0.3) is 0 Å². The normalized spacial score (nSPS) is 14.7. The van der Waals surface area contributed by atoms with E-state index in [1.165, 1.54) is 24.0 Å². The van der Waals surface area contributed by atoms with Crippen molar-refractivity contribution in [3.05, 3.63) is 35.4 Å². The first-order chi connectivity index (χ1) is 8.75. The summed E-state index contributed by atoms with van der Waals surface area (Å²) in [6, 6.07) is 8.78. The zero-order valence-electron chi connectivity index (χ0n) is 10.5. The Balaban J connectivity index is 1.59. The van der Waals surface area contributed by atoms with E-state index in [1.807, 2.05) is 0 Å². The summed E-state index contributed by atoms with van der Waals surface area (Å²) >= 11 is 0. The molecule has 1 fully saturated rings. The van der Waals surface area contributed by atoms with Crippen LogP contribution in [0.15, 0.2) is 24.3 Å². The monoisotopic (exact) mass is 248 g/mol. The minimum Gasteiger partial charge on any atom is -0.370 e. The van der Waals surface area contributed by atoms with E-state index >= 15 is 0 Å². The van der Waals surface area contributed by atoms with E-state index in [2.05, 4.69) is 29.6 Å². The van der Waals surface area contributed by atoms with Crippen molar-refractivity contribution in [1.82, 2.24) is 5.32 Å². The first kappa shape index (κ1) is 13.1. The molecule has 0 atom stereocenters. The molecule has 1 aliphatic rings. The summed E-state index contributed by atoms with van der Waals surface area (Å²) < 4.78 is 5.05. The fourth-order valence-corrected chi connectivity index (χ4v) is 1.87. The molecule has 18 heavy (non-hydrogen) atoms. The summed E-state index contributed by atoms with van der Waals surface area (Å²) in [5, 5.41) is 3.26. The number of hydrogen-bond acceptors (Lipinski definition) is 3. The van der Waals surface area contributed by atoms with Gasteiger partial charge in [0.15, 0.2) is 0 Å². The maximum atomic E-state index is 10.4. The summed E-state index contributed by atoms with van der Waals surface area (Å²) in [5.74, 6) is 0.389. The Morgan fingerprint density at radius 2 is 2.06 bits per heavy atom. The van der Waals surface area contributed by atoms with Gasteiger partial charge in [-0.25, -0.2) is 0 Å². The Hall–Kier alpha value is -1.39. The molecule has 0 unspecified atom stereocenters. The highest BCUT2D eigenvalue weighted by molar-refractivity contribution is 5.74. The van der Waals surface area contributed by atoms with Gasteiger partial charge in [-0.2, -0.15) is 0 Å². The highest BCUT2D eigenvalue weighted by atomic mass is 16.5. The van der Waals surface area contributed by atoms with Crippen LogP contribution in [-0.2, 0) is 16.1 Å². The van der Waals surface area contributed by atoms with Crippen molar-refractivity contribution in [3.63, 3.8) is 0 Å². The van der Waals surface area contributed by atoms with Crippen molar-refractivity contribution in [1.29, 1.82) is 0 Å². The molecule has 0 saturated heterocycles. The van der Waals surface area contributed by atoms with Crippen molar-refractivity contribution in [3.8, 4) is 0 Å². The van der Waals surface area contributed by atoms with Gasteiger partial charge in [-0.15, -0.1) is 0 Å². The van der Waals surface area contributed by atoms with E-state index in [0.717, 1.165) is 19.0 Å². The standard InChI is InChI=1S/C14H20N2O2/c15-14(17)10-18-8-7-16-9-11-1-3-12(4-2-11)13-5-6-13/h1-4,13,16H,5-10H2,(H2,15,17). The number of carbonyl (C=O) groups excluding carboxylic acids is 1. The Bertz CT molecular complexity index is 385. The molecule has 3 N–H and O–H groups in total. The Kier molecular flexibility index (Phi) is 4.73. The first-order valence-corrected chi connectivity index (χ1v) is 6.41. The third-order valence-corrected chi connectivity index (χ3v) is 3.03. The van der Waals surface area contributed by atoms with Crippen LogP contribution in [0.1, 0.15) is 29.9 Å². The molecule has 0 radical (unpaired) electrons. The smallest absolute Gasteiger partial charge is 0.243 e. The van der Waals surface area contributed by atoms with Crippen LogP contribution in [0.5, 0.6) is 0 Å². The van der Waals surface area contributed by atoms with Crippen molar-refractivity contribution in [2.45, 2.75) is 25.3 Å². The molecule has 0 heterocycles. The Morgan fingerprint density at radius 3 is 2.67 bits per heavy atom. The van der Waals surface area contributed by atoms with Crippen LogP contribution in [0.2, 0.25) is 0 Å². The van der Waals surface area contributed by atoms with Gasteiger partial charge in [0.2, 0.25) is 5.91 Å². The summed E-state index contributed by atoms with van der Waals surface area (Å²) in [6.45, 7) is 2.05. The van der Waals surface area contributed by atoms with Crippen LogP contribution in [0.3, 0.4) is 0 Å². The van der Waals surface area contributed by atoms with Crippen LogP contribution < -0.4 is 11.1 Å². The summed E-state index contributed by atoms with van der Waals surface area (Å²) in [4.78, 5) is 10.4. The van der Waals surface area contributed by atoms with Crippen LogP contribution >= 0.6 is 0 Å². The van der Waals surface area contributed by atoms with E-state index in [-0.39, 0.29) is 6.61 Å². The molecule has 0 spiro atoms. The average molecular weight is 248 g/mol. The van der Waals surface area contributed by atoms with Crippen molar-refractivity contribution < 1.29 is 9.53 Å². The van der Waals surface area contributed by atoms with E-state index in [4.69, 9.17) is 10.5 Å². The lowest BCUT2D eigenvalue weighted by Gasteiger charge is -2.06. The second kappa shape index (κ2) is 6.52. The third kappa shape index (κ3) is 4.47. The second-order valence-corrected chi connectivity index (χ2v) is 4.71. The van der Waals surface area contributed by atoms with E-state index in [9.17, 15) is 4.79 Å². The molecule has 1 saturated carbocycles. The number of primary amides is 1. The molecular weight excluding hydrogens is 228 g/mol. The van der Waals surface area contributed by atoms with E-state index in [1.54, 1.807) is 0 Å². The van der Waals surface area contributed by atoms with Gasteiger partial charge in [0.05, 0.1) is 6.61 Å². The number of benzene rings is 1. The maximum absolute atomic E-state index is 10.4. The molecule has 1 aromatic rings. The average Bonchev–Trinajstić information content (AvgIpc) is 3.18. The summed E-state index contributed by atoms with van der Waals surface area (Å²) in [5.41, 5.74) is 7.69. The summed E-state index contributed by atoms with van der Waals surface area (Å²) in [7, 11) is 0. The lowest BCUT2D eigenvalue weighted by atomic mass is 10.1. The zero-order valence-corrected chi connectivity index (χ0v) is 10.5. The lowest BCUT2D eigenvalue weighted by molar-refractivity contribution is -0.122. The molecule has 0 aliphatic heterocycles. The van der Waals surface area contributed by atoms with Crippen LogP contribution in [0.25, 0.3) is 0 Å². The number of rotatable bonds is 8. The van der Waals surface area contributed by atoms with E-state index < -0.39 is 5.91 Å². The van der Waals surface area contributed by atoms with Gasteiger partial charge < -0.3 is 15.8 Å². The van der Waals surface area contributed by atoms with Crippen LogP contribution in [0, 0.1) is 0 Å². The van der Waals surface area contributed by atoms with Crippen LogP contribution in [-0.4, -0.2) is 25.7 Å². The van der Waals surface area contributed by atoms with Crippen molar-refractivity contribution in [2.24, 2.45) is 5.73 Å². The minimum absolute atomic E-state index is 0.00222. The molecule has 0 aromatic heterocycles. The molecular formula is C14H20N2O2. The molecule has 1 aliphatic carbocycles. The molecule has 0 bridgehead atoms. The quantitative estimate of drug-likeness (QED) is 0.678. The van der Waals surface area contributed by atoms with Crippen LogP contribution in [0.4, 0.5) is 0 Å². The molecule has 4 nitrogen and oxygen atoms in total. The van der Waals surface area contributed by atoms with Gasteiger partial charge >= 0.3 is 0 Å². The molecule has 98 valence electrons. The highest BCUT2D eigenvalue weighted by Crippen LogP contribution is 2.39. The SMILES string of the molecule is NC(=O)COCCNCc1ccc(C2CC2)cc1. The first-order valence-electron chi connectivity index (χ1n) is 6.41. The molecule has 1 aromatic carbocycles. The zero-order chi connectivity index (χ0) is 12.8. The van der Waals surface area contributed by atoms with Gasteiger partial charge in [0, 0.05) is 13.1 Å². The maximum Gasteiger partial charge on any atom is 0.243 e. The fourth-order valence-electron chi connectivity index (χ4n) is 1.87. The number of nitrogens with two attached hydrogens (primary N) is 1. The van der Waals surface area contributed by atoms with E-state index in [0.29, 0.717) is 6.61 Å². The molecule has 2 rings (SSSR count). The Morgan fingerprint density at radius 1 is 1.33 bits per heavy atom. The summed E-state index contributed by atoms with van der Waals surface area (Å²) in [6.07, 6.45) is 2.68. The predicted octanol–water partition coefficient (Wildman–Crippen LogP) is 1.16. The number of hydrogen-bond donors (Lipinski definition) is 2. The number of amides is 1. The topological polar surface area (TPSA) is 64.4 Å². The molecule has 1 amide bonds. The third-order valence-electron chi connectivity index (χ3n) is 3.03. The molecule has 4 heteroatoms. The second-order valence-electron chi connectivity index (χ2n) is 4.71. The number of ether oxygens (including phenoxy) is 1. The number of nitrogens with one attached hydrogen (secondary N) is 1. The highest BCUT2D eigenvalue weighted by Gasteiger charge is 2.22. The van der Waals surface area contributed by atoms with Crippen molar-refractivity contribution >= 4 is 5.91 Å². The fraction of sp³-hybridized carbons (Fsp3) is 0.500. The lowest BCUT2D eigenvalue weighted by Crippen LogP contribution is -2.23. The van der Waals surface area contributed by atoms with Gasteiger partial charge in [-0.05, 0) is 29.9 Å². The van der Waals surface area contributed by atoms with Crippen molar-refractivity contribution in [2.75, 3.05) is 19.8 Å². The Labute approximate surface area is 108 Å². The largest absolute Gasteiger partial charge is 0.370 e. The van der Waals surface area contributed by atoms with Gasteiger partial charge in [0.1, 0.15) is 6.61 Å². The van der Waals surface area contributed by atoms with Gasteiger partial charge in [-0.3, -0.25) is 4.79 Å². The minimum atomic E-state index is -0.425.